The molecule has 0 aliphatic carbocycles. The molecule has 1 aromatic carbocycles. The van der Waals surface area contributed by atoms with E-state index in [4.69, 9.17) is 4.74 Å². The highest BCUT2D eigenvalue weighted by Gasteiger charge is 2.33. The van der Waals surface area contributed by atoms with E-state index in [2.05, 4.69) is 27.2 Å². The summed E-state index contributed by atoms with van der Waals surface area (Å²) in [6, 6.07) is 8.59. The predicted molar refractivity (Wildman–Crippen MR) is 121 cm³/mol. The summed E-state index contributed by atoms with van der Waals surface area (Å²) >= 11 is 0. The number of hydrogen-bond donors (Lipinski definition) is 0. The van der Waals surface area contributed by atoms with E-state index in [1.165, 1.54) is 17.1 Å². The summed E-state index contributed by atoms with van der Waals surface area (Å²) in [5.41, 5.74) is 3.46. The van der Waals surface area contributed by atoms with Crippen molar-refractivity contribution >= 4 is 5.91 Å². The van der Waals surface area contributed by atoms with Crippen LogP contribution in [0.5, 0.6) is 0 Å². The van der Waals surface area contributed by atoms with Crippen LogP contribution in [0.4, 0.5) is 4.39 Å². The Hall–Kier alpha value is -3.92. The Morgan fingerprint density at radius 1 is 1.15 bits per heavy atom. The molecule has 1 aliphatic rings. The lowest BCUT2D eigenvalue weighted by atomic mass is 10.1. The lowest BCUT2D eigenvalue weighted by Gasteiger charge is -2.38. The topological polar surface area (TPSA) is 91.0 Å². The summed E-state index contributed by atoms with van der Waals surface area (Å²) in [7, 11) is 0. The molecule has 1 unspecified atom stereocenters. The monoisotopic (exact) mass is 461 g/mol. The van der Waals surface area contributed by atoms with Crippen LogP contribution in [0.1, 0.15) is 22.8 Å². The molecule has 1 aliphatic heterocycles. The second-order valence-corrected chi connectivity index (χ2v) is 8.50. The number of ether oxygens (including phenoxy) is 1. The van der Waals surface area contributed by atoms with Gasteiger partial charge in [-0.2, -0.15) is 20.1 Å². The van der Waals surface area contributed by atoms with Crippen molar-refractivity contribution in [2.24, 2.45) is 5.92 Å². The highest BCUT2D eigenvalue weighted by atomic mass is 19.1. The largest absolute Gasteiger partial charge is 0.356 e. The Kier molecular flexibility index (Phi) is 5.89. The zero-order valence-corrected chi connectivity index (χ0v) is 18.9. The number of benzene rings is 1. The number of aromatic nitrogens is 6. The maximum absolute atomic E-state index is 13.8. The van der Waals surface area contributed by atoms with E-state index >= 15 is 0 Å². The standard InChI is InChI=1S/C24H24FN7O2/c1-16-3-6-22(32-27-7-8-28-32)20(9-16)24(33)31-12-17(2)15-34-23(31)14-30-13-18(10-29-30)21-5-4-19(25)11-26-21/h3-11,13,17,23H,12,14-15H2,1-2H3/t17?,23-/m0/s1. The summed E-state index contributed by atoms with van der Waals surface area (Å²) < 4.78 is 21.0. The van der Waals surface area contributed by atoms with Gasteiger partial charge in [-0.3, -0.25) is 14.5 Å². The maximum Gasteiger partial charge on any atom is 0.258 e. The second kappa shape index (κ2) is 9.14. The summed E-state index contributed by atoms with van der Waals surface area (Å²) in [4.78, 5) is 21.1. The van der Waals surface area contributed by atoms with Gasteiger partial charge in [-0.25, -0.2) is 4.39 Å². The lowest BCUT2D eigenvalue weighted by Crippen LogP contribution is -2.51. The van der Waals surface area contributed by atoms with Gasteiger partial charge in [0.05, 0.1) is 54.9 Å². The maximum atomic E-state index is 13.8. The number of nitrogens with zero attached hydrogens (tertiary/aromatic N) is 7. The quantitative estimate of drug-likeness (QED) is 0.454. The number of halogens is 1. The molecule has 0 N–H and O–H groups in total. The van der Waals surface area contributed by atoms with Gasteiger partial charge in [0.15, 0.2) is 6.23 Å². The molecule has 5 rings (SSSR count). The van der Waals surface area contributed by atoms with Crippen molar-refractivity contribution < 1.29 is 13.9 Å². The highest BCUT2D eigenvalue weighted by Crippen LogP contribution is 2.24. The molecule has 34 heavy (non-hydrogen) atoms. The number of pyridine rings is 1. The van der Waals surface area contributed by atoms with Crippen molar-refractivity contribution in [3.05, 3.63) is 78.3 Å². The van der Waals surface area contributed by atoms with E-state index < -0.39 is 12.0 Å². The molecule has 4 heterocycles. The number of carbonyl (C=O) groups is 1. The zero-order chi connectivity index (χ0) is 23.7. The normalized spacial score (nSPS) is 18.3. The first-order valence-electron chi connectivity index (χ1n) is 11.0. The highest BCUT2D eigenvalue weighted by molar-refractivity contribution is 5.98. The van der Waals surface area contributed by atoms with Crippen molar-refractivity contribution in [1.29, 1.82) is 0 Å². The Morgan fingerprint density at radius 2 is 1.97 bits per heavy atom. The fourth-order valence-electron chi connectivity index (χ4n) is 4.03. The van der Waals surface area contributed by atoms with E-state index in [1.54, 1.807) is 34.2 Å². The van der Waals surface area contributed by atoms with E-state index in [-0.39, 0.29) is 11.8 Å². The van der Waals surface area contributed by atoms with Crippen molar-refractivity contribution in [2.75, 3.05) is 13.2 Å². The van der Waals surface area contributed by atoms with Crippen LogP contribution in [-0.4, -0.2) is 59.9 Å². The molecule has 174 valence electrons. The van der Waals surface area contributed by atoms with Gasteiger partial charge in [0, 0.05) is 18.3 Å². The fraction of sp³-hybridized carbons (Fsp3) is 0.292. The summed E-state index contributed by atoms with van der Waals surface area (Å²) in [6.07, 6.45) is 7.31. The van der Waals surface area contributed by atoms with Gasteiger partial charge in [0.2, 0.25) is 0 Å². The molecular formula is C24H24FN7O2. The molecular weight excluding hydrogens is 437 g/mol. The molecule has 0 radical (unpaired) electrons. The molecule has 0 saturated carbocycles. The van der Waals surface area contributed by atoms with E-state index in [0.717, 1.165) is 11.1 Å². The molecule has 0 bridgehead atoms. The third-order valence-electron chi connectivity index (χ3n) is 5.71. The first-order valence-corrected chi connectivity index (χ1v) is 11.0. The second-order valence-electron chi connectivity index (χ2n) is 8.50. The van der Waals surface area contributed by atoms with Gasteiger partial charge < -0.3 is 9.64 Å². The van der Waals surface area contributed by atoms with Crippen LogP contribution in [0.2, 0.25) is 0 Å². The third kappa shape index (κ3) is 4.44. The van der Waals surface area contributed by atoms with Crippen molar-refractivity contribution in [3.8, 4) is 16.9 Å². The molecule has 9 nitrogen and oxygen atoms in total. The Labute approximate surface area is 195 Å². The van der Waals surface area contributed by atoms with Gasteiger partial charge >= 0.3 is 0 Å². The minimum absolute atomic E-state index is 0.153. The van der Waals surface area contributed by atoms with Crippen LogP contribution in [0.3, 0.4) is 0 Å². The molecule has 1 fully saturated rings. The van der Waals surface area contributed by atoms with Crippen LogP contribution < -0.4 is 0 Å². The number of amides is 1. The minimum Gasteiger partial charge on any atom is -0.356 e. The minimum atomic E-state index is -0.503. The molecule has 2 atom stereocenters. The van der Waals surface area contributed by atoms with Gasteiger partial charge in [-0.15, -0.1) is 0 Å². The smallest absolute Gasteiger partial charge is 0.258 e. The zero-order valence-electron chi connectivity index (χ0n) is 18.9. The first-order chi connectivity index (χ1) is 16.5. The molecule has 1 amide bonds. The molecule has 3 aromatic heterocycles. The van der Waals surface area contributed by atoms with E-state index in [9.17, 15) is 9.18 Å². The third-order valence-corrected chi connectivity index (χ3v) is 5.71. The number of aryl methyl sites for hydroxylation is 1. The van der Waals surface area contributed by atoms with E-state index in [1.807, 2.05) is 31.3 Å². The van der Waals surface area contributed by atoms with Crippen LogP contribution >= 0.6 is 0 Å². The predicted octanol–water partition coefficient (Wildman–Crippen LogP) is 3.11. The molecule has 0 spiro atoms. The molecule has 1 saturated heterocycles. The van der Waals surface area contributed by atoms with E-state index in [0.29, 0.717) is 36.6 Å². The van der Waals surface area contributed by atoms with Crippen molar-refractivity contribution in [1.82, 2.24) is 34.7 Å². The summed E-state index contributed by atoms with van der Waals surface area (Å²) in [5.74, 6) is -0.358. The average Bonchev–Trinajstić information content (AvgIpc) is 3.53. The fourth-order valence-corrected chi connectivity index (χ4v) is 4.03. The average molecular weight is 462 g/mol. The lowest BCUT2D eigenvalue weighted by molar-refractivity contribution is -0.106. The first kappa shape index (κ1) is 21.9. The van der Waals surface area contributed by atoms with Gasteiger partial charge in [-0.1, -0.05) is 18.6 Å². The SMILES string of the molecule is Cc1ccc(-n2nccn2)c(C(=O)N2CC(C)CO[C@H]2Cn2cc(-c3ccc(F)cn3)cn2)c1. The molecule has 10 heteroatoms. The number of carbonyl (C=O) groups excluding carboxylic acids is 1. The number of rotatable bonds is 5. The van der Waals surface area contributed by atoms with Crippen LogP contribution in [0, 0.1) is 18.7 Å². The van der Waals surface area contributed by atoms with Gasteiger partial charge in [-0.05, 0) is 37.1 Å². The Bertz CT molecular complexity index is 1290. The Balaban J connectivity index is 1.42. The van der Waals surface area contributed by atoms with Gasteiger partial charge in [0.25, 0.3) is 5.91 Å². The number of hydrogen-bond acceptors (Lipinski definition) is 6. The summed E-state index contributed by atoms with van der Waals surface area (Å²) in [6.45, 7) is 5.44. The summed E-state index contributed by atoms with van der Waals surface area (Å²) in [5, 5.41) is 12.8. The van der Waals surface area contributed by atoms with Gasteiger partial charge in [0.1, 0.15) is 5.82 Å². The van der Waals surface area contributed by atoms with Crippen LogP contribution in [0.25, 0.3) is 16.9 Å². The Morgan fingerprint density at radius 3 is 2.74 bits per heavy atom. The van der Waals surface area contributed by atoms with Crippen molar-refractivity contribution in [2.45, 2.75) is 26.6 Å². The van der Waals surface area contributed by atoms with Crippen LogP contribution in [0.15, 0.2) is 61.3 Å². The van der Waals surface area contributed by atoms with Crippen molar-refractivity contribution in [3.63, 3.8) is 0 Å². The van der Waals surface area contributed by atoms with Crippen LogP contribution in [-0.2, 0) is 11.3 Å². The molecule has 4 aromatic rings.